The van der Waals surface area contributed by atoms with Gasteiger partial charge in [0.15, 0.2) is 0 Å². The Morgan fingerprint density at radius 3 is 2.94 bits per heavy atom. The standard InChI is InChI=1S/C12H15FN2OS/c1-2-4-17-5-3-15-12(16)9-6-10(13)8-11(14)7-9/h2,6-8H,1,3-5,14H2,(H,15,16). The molecule has 3 nitrogen and oxygen atoms in total. The van der Waals surface area contributed by atoms with Gasteiger partial charge in [-0.3, -0.25) is 4.79 Å². The normalized spacial score (nSPS) is 9.94. The van der Waals surface area contributed by atoms with Gasteiger partial charge in [-0.15, -0.1) is 6.58 Å². The fourth-order valence-corrected chi connectivity index (χ4v) is 1.83. The molecule has 17 heavy (non-hydrogen) atoms. The lowest BCUT2D eigenvalue weighted by molar-refractivity contribution is 0.0956. The minimum atomic E-state index is -0.504. The van der Waals surface area contributed by atoms with Crippen LogP contribution in [-0.4, -0.2) is 24.0 Å². The monoisotopic (exact) mass is 254 g/mol. The molecule has 0 aliphatic rings. The quantitative estimate of drug-likeness (QED) is 0.464. The number of hydrogen-bond acceptors (Lipinski definition) is 3. The largest absolute Gasteiger partial charge is 0.399 e. The summed E-state index contributed by atoms with van der Waals surface area (Å²) in [4.78, 5) is 11.6. The van der Waals surface area contributed by atoms with Crippen LogP contribution in [0.15, 0.2) is 30.9 Å². The van der Waals surface area contributed by atoms with Gasteiger partial charge in [-0.25, -0.2) is 4.39 Å². The Labute approximate surface area is 104 Å². The lowest BCUT2D eigenvalue weighted by Crippen LogP contribution is -2.26. The smallest absolute Gasteiger partial charge is 0.251 e. The number of benzene rings is 1. The first-order valence-electron chi connectivity index (χ1n) is 5.16. The first kappa shape index (κ1) is 13.6. The number of nitrogen functional groups attached to an aromatic ring is 1. The fourth-order valence-electron chi connectivity index (χ4n) is 1.25. The second-order valence-electron chi connectivity index (χ2n) is 3.39. The molecule has 0 bridgehead atoms. The average molecular weight is 254 g/mol. The highest BCUT2D eigenvalue weighted by molar-refractivity contribution is 7.99. The summed E-state index contributed by atoms with van der Waals surface area (Å²) in [5.74, 6) is 0.831. The van der Waals surface area contributed by atoms with Crippen molar-refractivity contribution < 1.29 is 9.18 Å². The molecule has 3 N–H and O–H groups in total. The van der Waals surface area contributed by atoms with Gasteiger partial charge in [0.25, 0.3) is 5.91 Å². The minimum Gasteiger partial charge on any atom is -0.399 e. The Morgan fingerprint density at radius 2 is 2.29 bits per heavy atom. The molecule has 92 valence electrons. The lowest BCUT2D eigenvalue weighted by atomic mass is 10.2. The van der Waals surface area contributed by atoms with Crippen molar-refractivity contribution >= 4 is 23.4 Å². The fraction of sp³-hybridized carbons (Fsp3) is 0.250. The molecule has 0 radical (unpaired) electrons. The Morgan fingerprint density at radius 1 is 1.53 bits per heavy atom. The molecule has 0 spiro atoms. The molecule has 0 unspecified atom stereocenters. The van der Waals surface area contributed by atoms with E-state index in [1.165, 1.54) is 18.2 Å². The number of anilines is 1. The SMILES string of the molecule is C=CCSCCNC(=O)c1cc(N)cc(F)c1. The van der Waals surface area contributed by atoms with Crippen LogP contribution in [0.3, 0.4) is 0 Å². The van der Waals surface area contributed by atoms with Gasteiger partial charge in [0.2, 0.25) is 0 Å². The number of carbonyl (C=O) groups excluding carboxylic acids is 1. The van der Waals surface area contributed by atoms with Gasteiger partial charge in [-0.05, 0) is 18.2 Å². The van der Waals surface area contributed by atoms with E-state index in [-0.39, 0.29) is 17.2 Å². The van der Waals surface area contributed by atoms with Gasteiger partial charge >= 0.3 is 0 Å². The molecule has 0 aromatic heterocycles. The van der Waals surface area contributed by atoms with Crippen molar-refractivity contribution in [1.29, 1.82) is 0 Å². The maximum absolute atomic E-state index is 13.0. The molecule has 0 fully saturated rings. The first-order chi connectivity index (χ1) is 8.13. The third-order valence-electron chi connectivity index (χ3n) is 1.95. The number of halogens is 1. The molecule has 1 aromatic carbocycles. The zero-order valence-corrected chi connectivity index (χ0v) is 10.2. The first-order valence-corrected chi connectivity index (χ1v) is 6.32. The van der Waals surface area contributed by atoms with Gasteiger partial charge in [0.1, 0.15) is 5.82 Å². The number of nitrogens with two attached hydrogens (primary N) is 1. The molecule has 1 rings (SSSR count). The Hall–Kier alpha value is -1.49. The number of carbonyl (C=O) groups is 1. The van der Waals surface area contributed by atoms with Crippen LogP contribution >= 0.6 is 11.8 Å². The number of nitrogens with one attached hydrogen (secondary N) is 1. The molecule has 0 heterocycles. The summed E-state index contributed by atoms with van der Waals surface area (Å²) in [5.41, 5.74) is 5.95. The van der Waals surface area contributed by atoms with Crippen LogP contribution in [0, 0.1) is 5.82 Å². The van der Waals surface area contributed by atoms with Crippen LogP contribution in [-0.2, 0) is 0 Å². The van der Waals surface area contributed by atoms with E-state index in [1.807, 2.05) is 0 Å². The summed E-state index contributed by atoms with van der Waals surface area (Å²) in [6.07, 6.45) is 1.81. The Balaban J connectivity index is 2.44. The van der Waals surface area contributed by atoms with E-state index in [2.05, 4.69) is 11.9 Å². The van der Waals surface area contributed by atoms with Gasteiger partial charge in [-0.2, -0.15) is 11.8 Å². The third kappa shape index (κ3) is 4.91. The van der Waals surface area contributed by atoms with E-state index in [1.54, 1.807) is 17.8 Å². The zero-order valence-electron chi connectivity index (χ0n) is 9.41. The molecular formula is C12H15FN2OS. The molecule has 0 atom stereocenters. The van der Waals surface area contributed by atoms with Crippen LogP contribution < -0.4 is 11.1 Å². The zero-order chi connectivity index (χ0) is 12.7. The molecular weight excluding hydrogens is 239 g/mol. The van der Waals surface area contributed by atoms with E-state index in [9.17, 15) is 9.18 Å². The number of rotatable bonds is 6. The van der Waals surface area contributed by atoms with Gasteiger partial charge in [0.05, 0.1) is 0 Å². The highest BCUT2D eigenvalue weighted by atomic mass is 32.2. The molecule has 1 amide bonds. The highest BCUT2D eigenvalue weighted by Crippen LogP contribution is 2.10. The van der Waals surface area contributed by atoms with E-state index < -0.39 is 5.82 Å². The molecule has 0 saturated carbocycles. The minimum absolute atomic E-state index is 0.246. The summed E-state index contributed by atoms with van der Waals surface area (Å²) in [6.45, 7) is 4.13. The van der Waals surface area contributed by atoms with E-state index in [0.717, 1.165) is 11.5 Å². The van der Waals surface area contributed by atoms with E-state index in [4.69, 9.17) is 5.73 Å². The average Bonchev–Trinajstić information content (AvgIpc) is 2.27. The van der Waals surface area contributed by atoms with Crippen molar-refractivity contribution in [3.8, 4) is 0 Å². The summed E-state index contributed by atoms with van der Waals surface area (Å²) in [5, 5.41) is 2.70. The van der Waals surface area contributed by atoms with Crippen molar-refractivity contribution in [2.75, 3.05) is 23.8 Å². The third-order valence-corrected chi connectivity index (χ3v) is 2.91. The summed E-state index contributed by atoms with van der Waals surface area (Å²) >= 11 is 1.67. The van der Waals surface area contributed by atoms with Gasteiger partial charge in [0, 0.05) is 29.3 Å². The second-order valence-corrected chi connectivity index (χ2v) is 4.54. The maximum Gasteiger partial charge on any atom is 0.251 e. The van der Waals surface area contributed by atoms with Crippen LogP contribution in [0.5, 0.6) is 0 Å². The van der Waals surface area contributed by atoms with Crippen molar-refractivity contribution in [3.63, 3.8) is 0 Å². The summed E-state index contributed by atoms with van der Waals surface area (Å²) in [7, 11) is 0. The summed E-state index contributed by atoms with van der Waals surface area (Å²) < 4.78 is 13.0. The lowest BCUT2D eigenvalue weighted by Gasteiger charge is -2.05. The topological polar surface area (TPSA) is 55.1 Å². The van der Waals surface area contributed by atoms with E-state index >= 15 is 0 Å². The molecule has 0 aliphatic carbocycles. The Bertz CT molecular complexity index is 389. The number of thioether (sulfide) groups is 1. The Kier molecular flexibility index (Phi) is 5.56. The van der Waals surface area contributed by atoms with E-state index in [0.29, 0.717) is 6.54 Å². The number of hydrogen-bond donors (Lipinski definition) is 2. The maximum atomic E-state index is 13.0. The van der Waals surface area contributed by atoms with Crippen LogP contribution in [0.2, 0.25) is 0 Å². The molecule has 0 aliphatic heterocycles. The van der Waals surface area contributed by atoms with Gasteiger partial charge in [-0.1, -0.05) is 6.08 Å². The van der Waals surface area contributed by atoms with Gasteiger partial charge < -0.3 is 11.1 Å². The van der Waals surface area contributed by atoms with Crippen molar-refractivity contribution in [1.82, 2.24) is 5.32 Å². The summed E-state index contributed by atoms with van der Waals surface area (Å²) in [6, 6.07) is 3.80. The molecule has 1 aromatic rings. The van der Waals surface area contributed by atoms with Crippen LogP contribution in [0.1, 0.15) is 10.4 Å². The number of amides is 1. The predicted molar refractivity (Wildman–Crippen MR) is 70.7 cm³/mol. The van der Waals surface area contributed by atoms with Crippen molar-refractivity contribution in [2.24, 2.45) is 0 Å². The van der Waals surface area contributed by atoms with Crippen LogP contribution in [0.25, 0.3) is 0 Å². The molecule has 5 heteroatoms. The van der Waals surface area contributed by atoms with Crippen LogP contribution in [0.4, 0.5) is 10.1 Å². The van der Waals surface area contributed by atoms with Crippen molar-refractivity contribution in [3.05, 3.63) is 42.2 Å². The molecule has 0 saturated heterocycles. The van der Waals surface area contributed by atoms with Crippen molar-refractivity contribution in [2.45, 2.75) is 0 Å². The highest BCUT2D eigenvalue weighted by Gasteiger charge is 2.07. The second kappa shape index (κ2) is 6.96. The predicted octanol–water partition coefficient (Wildman–Crippen LogP) is 2.06.